The molecule has 0 fully saturated rings. The maximum absolute atomic E-state index is 12.1. The van der Waals surface area contributed by atoms with Crippen molar-refractivity contribution < 1.29 is 38.0 Å². The smallest absolute Gasteiger partial charge is 0.309 e. The van der Waals surface area contributed by atoms with E-state index < -0.39 is 5.92 Å². The zero-order chi connectivity index (χ0) is 23.2. The van der Waals surface area contributed by atoms with E-state index in [0.717, 1.165) is 38.9 Å². The van der Waals surface area contributed by atoms with Gasteiger partial charge >= 0.3 is 11.9 Å². The second-order valence-corrected chi connectivity index (χ2v) is 7.51. The summed E-state index contributed by atoms with van der Waals surface area (Å²) in [6.07, 6.45) is 4.46. The van der Waals surface area contributed by atoms with Gasteiger partial charge in [0.2, 0.25) is 0 Å². The van der Waals surface area contributed by atoms with Crippen LogP contribution in [0.25, 0.3) is 0 Å². The van der Waals surface area contributed by atoms with Gasteiger partial charge in [0.05, 0.1) is 45.6 Å². The van der Waals surface area contributed by atoms with Gasteiger partial charge in [-0.05, 0) is 18.8 Å². The predicted molar refractivity (Wildman–Crippen MR) is 118 cm³/mol. The van der Waals surface area contributed by atoms with Crippen LogP contribution in [0.2, 0.25) is 0 Å². The van der Waals surface area contributed by atoms with Gasteiger partial charge in [-0.2, -0.15) is 0 Å². The lowest BCUT2D eigenvalue weighted by Crippen LogP contribution is -2.25. The lowest BCUT2D eigenvalue weighted by Gasteiger charge is -2.18. The molecule has 0 aromatic carbocycles. The number of hydrogen-bond donors (Lipinski definition) is 0. The Morgan fingerprint density at radius 1 is 0.613 bits per heavy atom. The first-order valence-electron chi connectivity index (χ1n) is 11.7. The lowest BCUT2D eigenvalue weighted by molar-refractivity contribution is -0.153. The molecule has 2 unspecified atom stereocenters. The van der Waals surface area contributed by atoms with Gasteiger partial charge in [-0.3, -0.25) is 9.59 Å². The highest BCUT2D eigenvalue weighted by Crippen LogP contribution is 2.17. The Bertz CT molecular complexity index is 430. The topological polar surface area (TPSA) is 89.5 Å². The molecule has 0 amide bonds. The summed E-state index contributed by atoms with van der Waals surface area (Å²) in [6, 6.07) is 0. The standard InChI is InChI=1S/C23H44O8/c1-5-7-9-26-11-13-28-15-17-30-22(24)19-20(3)21(4)23(25)31-18-16-29-14-12-27-10-8-6-2/h20-21H,5-19H2,1-4H3. The molecule has 0 heterocycles. The van der Waals surface area contributed by atoms with Crippen LogP contribution in [0.3, 0.4) is 0 Å². The summed E-state index contributed by atoms with van der Waals surface area (Å²) in [4.78, 5) is 24.0. The van der Waals surface area contributed by atoms with Crippen molar-refractivity contribution in [3.8, 4) is 0 Å². The summed E-state index contributed by atoms with van der Waals surface area (Å²) in [5, 5.41) is 0. The van der Waals surface area contributed by atoms with Crippen molar-refractivity contribution in [2.45, 2.75) is 59.8 Å². The molecule has 0 N–H and O–H groups in total. The van der Waals surface area contributed by atoms with Crippen LogP contribution in [0, 0.1) is 11.8 Å². The van der Waals surface area contributed by atoms with E-state index in [1.807, 2.05) is 6.92 Å². The molecule has 0 aliphatic rings. The first-order valence-corrected chi connectivity index (χ1v) is 11.7. The van der Waals surface area contributed by atoms with Crippen LogP contribution < -0.4 is 0 Å². The largest absolute Gasteiger partial charge is 0.463 e. The fraction of sp³-hybridized carbons (Fsp3) is 0.913. The van der Waals surface area contributed by atoms with Crippen molar-refractivity contribution in [2.75, 3.05) is 66.1 Å². The number of ether oxygens (including phenoxy) is 6. The third kappa shape index (κ3) is 19.2. The number of hydrogen-bond acceptors (Lipinski definition) is 8. The van der Waals surface area contributed by atoms with Crippen LogP contribution in [0.1, 0.15) is 59.8 Å². The molecule has 0 aliphatic carbocycles. The Hall–Kier alpha value is -1.22. The summed E-state index contributed by atoms with van der Waals surface area (Å²) in [7, 11) is 0. The summed E-state index contributed by atoms with van der Waals surface area (Å²) in [5.74, 6) is -1.27. The molecule has 0 radical (unpaired) electrons. The first-order chi connectivity index (χ1) is 15.0. The van der Waals surface area contributed by atoms with Crippen molar-refractivity contribution in [1.82, 2.24) is 0 Å². The quantitative estimate of drug-likeness (QED) is 0.184. The van der Waals surface area contributed by atoms with E-state index in [4.69, 9.17) is 28.4 Å². The van der Waals surface area contributed by atoms with Crippen LogP contribution in [0.15, 0.2) is 0 Å². The molecule has 0 aliphatic heterocycles. The number of carbonyl (C=O) groups excluding carboxylic acids is 2. The number of unbranched alkanes of at least 4 members (excludes halogenated alkanes) is 2. The zero-order valence-corrected chi connectivity index (χ0v) is 20.0. The van der Waals surface area contributed by atoms with Gasteiger partial charge in [-0.25, -0.2) is 0 Å². The minimum atomic E-state index is -0.401. The summed E-state index contributed by atoms with van der Waals surface area (Å²) >= 11 is 0. The van der Waals surface area contributed by atoms with Gasteiger partial charge < -0.3 is 28.4 Å². The van der Waals surface area contributed by atoms with Crippen molar-refractivity contribution in [2.24, 2.45) is 11.8 Å². The average molecular weight is 449 g/mol. The third-order valence-corrected chi connectivity index (χ3v) is 4.71. The van der Waals surface area contributed by atoms with E-state index in [9.17, 15) is 9.59 Å². The highest BCUT2D eigenvalue weighted by atomic mass is 16.6. The molecule has 8 nitrogen and oxygen atoms in total. The van der Waals surface area contributed by atoms with Crippen molar-refractivity contribution in [3.63, 3.8) is 0 Å². The molecule has 0 aromatic heterocycles. The lowest BCUT2D eigenvalue weighted by atomic mass is 9.93. The first kappa shape index (κ1) is 29.8. The van der Waals surface area contributed by atoms with Crippen LogP contribution in [-0.2, 0) is 38.0 Å². The summed E-state index contributed by atoms with van der Waals surface area (Å²) < 4.78 is 31.9. The normalized spacial score (nSPS) is 13.0. The van der Waals surface area contributed by atoms with Crippen LogP contribution in [0.4, 0.5) is 0 Å². The Morgan fingerprint density at radius 3 is 1.52 bits per heavy atom. The Balaban J connectivity index is 3.66. The summed E-state index contributed by atoms with van der Waals surface area (Å²) in [5.41, 5.74) is 0. The second-order valence-electron chi connectivity index (χ2n) is 7.51. The molecule has 0 saturated heterocycles. The molecule has 2 atom stereocenters. The maximum atomic E-state index is 12.1. The number of esters is 2. The second kappa shape index (κ2) is 22.0. The molecule has 0 spiro atoms. The molecule has 0 rings (SSSR count). The molecule has 0 bridgehead atoms. The van der Waals surface area contributed by atoms with Gasteiger partial charge in [-0.15, -0.1) is 0 Å². The van der Waals surface area contributed by atoms with Gasteiger partial charge in [-0.1, -0.05) is 40.5 Å². The van der Waals surface area contributed by atoms with E-state index in [-0.39, 0.29) is 37.5 Å². The molecule has 8 heteroatoms. The van der Waals surface area contributed by atoms with E-state index in [1.165, 1.54) is 0 Å². The van der Waals surface area contributed by atoms with E-state index in [0.29, 0.717) is 39.6 Å². The molecular weight excluding hydrogens is 404 g/mol. The van der Waals surface area contributed by atoms with E-state index in [2.05, 4.69) is 13.8 Å². The SMILES string of the molecule is CCCCOCCOCCOC(=O)CC(C)C(C)C(=O)OCCOCCOCCCC. The highest BCUT2D eigenvalue weighted by molar-refractivity contribution is 5.74. The Labute approximate surface area is 188 Å². The van der Waals surface area contributed by atoms with Gasteiger partial charge in [0.1, 0.15) is 13.2 Å². The minimum absolute atomic E-state index is 0.155. The number of carbonyl (C=O) groups is 2. The molecular formula is C23H44O8. The fourth-order valence-corrected chi connectivity index (χ4v) is 2.41. The monoisotopic (exact) mass is 448 g/mol. The van der Waals surface area contributed by atoms with Crippen molar-refractivity contribution in [3.05, 3.63) is 0 Å². The predicted octanol–water partition coefficient (Wildman–Crippen LogP) is 3.40. The Kier molecular flexibility index (Phi) is 21.1. The van der Waals surface area contributed by atoms with Crippen molar-refractivity contribution >= 4 is 11.9 Å². The van der Waals surface area contributed by atoms with E-state index in [1.54, 1.807) is 6.92 Å². The highest BCUT2D eigenvalue weighted by Gasteiger charge is 2.24. The fourth-order valence-electron chi connectivity index (χ4n) is 2.41. The Morgan fingerprint density at radius 2 is 1.03 bits per heavy atom. The molecule has 0 aromatic rings. The van der Waals surface area contributed by atoms with Gasteiger partial charge in [0, 0.05) is 19.6 Å². The minimum Gasteiger partial charge on any atom is -0.463 e. The molecule has 31 heavy (non-hydrogen) atoms. The van der Waals surface area contributed by atoms with Crippen LogP contribution in [-0.4, -0.2) is 78.0 Å². The molecule has 0 saturated carbocycles. The van der Waals surface area contributed by atoms with Gasteiger partial charge in [0.25, 0.3) is 0 Å². The van der Waals surface area contributed by atoms with Crippen LogP contribution in [0.5, 0.6) is 0 Å². The maximum Gasteiger partial charge on any atom is 0.309 e. The average Bonchev–Trinajstić information content (AvgIpc) is 2.76. The summed E-state index contributed by atoms with van der Waals surface area (Å²) in [6.45, 7) is 12.4. The van der Waals surface area contributed by atoms with Crippen molar-refractivity contribution in [1.29, 1.82) is 0 Å². The van der Waals surface area contributed by atoms with Gasteiger partial charge in [0.15, 0.2) is 0 Å². The zero-order valence-electron chi connectivity index (χ0n) is 20.0. The molecule has 184 valence electrons. The number of rotatable bonds is 22. The van der Waals surface area contributed by atoms with E-state index >= 15 is 0 Å². The third-order valence-electron chi connectivity index (χ3n) is 4.71. The van der Waals surface area contributed by atoms with Crippen LogP contribution >= 0.6 is 0 Å².